The third-order valence-electron chi connectivity index (χ3n) is 1.65. The Bertz CT molecular complexity index is 232. The molecular formula is C9H14O2S. The van der Waals surface area contributed by atoms with E-state index in [1.807, 2.05) is 26.2 Å². The maximum atomic E-state index is 5.38. The van der Waals surface area contributed by atoms with Gasteiger partial charge in [0.05, 0.1) is 0 Å². The Balaban J connectivity index is 2.61. The summed E-state index contributed by atoms with van der Waals surface area (Å²) in [5.41, 5.74) is 0. The molecule has 0 spiro atoms. The van der Waals surface area contributed by atoms with Crippen molar-refractivity contribution in [3.05, 3.63) is 18.1 Å². The van der Waals surface area contributed by atoms with E-state index in [-0.39, 0.29) is 6.10 Å². The van der Waals surface area contributed by atoms with Crippen LogP contribution in [0.4, 0.5) is 0 Å². The fourth-order valence-electron chi connectivity index (χ4n) is 0.987. The molecule has 1 rings (SSSR count). The quantitative estimate of drug-likeness (QED) is 0.675. The Morgan fingerprint density at radius 1 is 1.67 bits per heavy atom. The molecule has 0 aliphatic carbocycles. The zero-order valence-electron chi connectivity index (χ0n) is 7.66. The van der Waals surface area contributed by atoms with E-state index in [4.69, 9.17) is 9.15 Å². The van der Waals surface area contributed by atoms with Gasteiger partial charge in [0.1, 0.15) is 18.1 Å². The zero-order chi connectivity index (χ0) is 8.97. The molecule has 0 fully saturated rings. The smallest absolute Gasteiger partial charge is 0.133 e. The summed E-state index contributed by atoms with van der Waals surface area (Å²) in [6.07, 6.45) is 3.85. The third-order valence-corrected chi connectivity index (χ3v) is 2.33. The summed E-state index contributed by atoms with van der Waals surface area (Å²) >= 11 is 1.68. The highest BCUT2D eigenvalue weighted by Gasteiger charge is 2.09. The maximum Gasteiger partial charge on any atom is 0.133 e. The van der Waals surface area contributed by atoms with Gasteiger partial charge in [0, 0.05) is 11.5 Å². The Hall–Kier alpha value is -0.410. The summed E-state index contributed by atoms with van der Waals surface area (Å²) < 4.78 is 10.7. The van der Waals surface area contributed by atoms with Crippen LogP contribution in [0.2, 0.25) is 0 Å². The summed E-state index contributed by atoms with van der Waals surface area (Å²) in [4.78, 5) is 1.15. The second-order valence-corrected chi connectivity index (χ2v) is 3.37. The fraction of sp³-hybridized carbons (Fsp3) is 0.556. The molecule has 1 aromatic heterocycles. The van der Waals surface area contributed by atoms with Gasteiger partial charge in [-0.2, -0.15) is 0 Å². The van der Waals surface area contributed by atoms with E-state index in [1.165, 1.54) is 0 Å². The second-order valence-electron chi connectivity index (χ2n) is 2.49. The van der Waals surface area contributed by atoms with Gasteiger partial charge < -0.3 is 9.15 Å². The van der Waals surface area contributed by atoms with Crippen molar-refractivity contribution in [2.45, 2.75) is 24.8 Å². The monoisotopic (exact) mass is 186 g/mol. The lowest BCUT2D eigenvalue weighted by atomic mass is 10.3. The summed E-state index contributed by atoms with van der Waals surface area (Å²) in [5.74, 6) is 0.904. The van der Waals surface area contributed by atoms with E-state index < -0.39 is 0 Å². The lowest BCUT2D eigenvalue weighted by Gasteiger charge is -2.06. The lowest BCUT2D eigenvalue weighted by Crippen LogP contribution is -1.96. The van der Waals surface area contributed by atoms with Crippen LogP contribution in [-0.2, 0) is 4.74 Å². The Morgan fingerprint density at radius 2 is 2.42 bits per heavy atom. The van der Waals surface area contributed by atoms with Crippen molar-refractivity contribution in [2.75, 3.05) is 12.9 Å². The number of hydrogen-bond acceptors (Lipinski definition) is 3. The number of ether oxygens (including phenoxy) is 1. The third kappa shape index (κ3) is 2.29. The lowest BCUT2D eigenvalue weighted by molar-refractivity contribution is 0.0604. The SMILES string of the molecule is CCOC(C)c1cc(SC)co1. The van der Waals surface area contributed by atoms with Crippen LogP contribution in [0.15, 0.2) is 21.6 Å². The van der Waals surface area contributed by atoms with Crippen molar-refractivity contribution in [1.29, 1.82) is 0 Å². The largest absolute Gasteiger partial charge is 0.465 e. The van der Waals surface area contributed by atoms with Crippen LogP contribution in [0.3, 0.4) is 0 Å². The first kappa shape index (κ1) is 9.68. The standard InChI is InChI=1S/C9H14O2S/c1-4-10-7(2)9-5-8(12-3)6-11-9/h5-7H,4H2,1-3H3. The molecule has 3 heteroatoms. The Morgan fingerprint density at radius 3 is 2.92 bits per heavy atom. The number of hydrogen-bond donors (Lipinski definition) is 0. The van der Waals surface area contributed by atoms with Gasteiger partial charge in [0.25, 0.3) is 0 Å². The van der Waals surface area contributed by atoms with Gasteiger partial charge in [0.15, 0.2) is 0 Å². The number of thioether (sulfide) groups is 1. The normalized spacial score (nSPS) is 13.2. The Kier molecular flexibility index (Phi) is 3.69. The molecule has 0 saturated heterocycles. The molecule has 0 aliphatic heterocycles. The minimum Gasteiger partial charge on any atom is -0.465 e. The van der Waals surface area contributed by atoms with Gasteiger partial charge in [-0.3, -0.25) is 0 Å². The van der Waals surface area contributed by atoms with Crippen LogP contribution in [0.5, 0.6) is 0 Å². The van der Waals surface area contributed by atoms with Gasteiger partial charge >= 0.3 is 0 Å². The molecule has 0 aromatic carbocycles. The molecule has 0 N–H and O–H groups in total. The van der Waals surface area contributed by atoms with E-state index in [9.17, 15) is 0 Å². The van der Waals surface area contributed by atoms with E-state index >= 15 is 0 Å². The van der Waals surface area contributed by atoms with Crippen LogP contribution in [-0.4, -0.2) is 12.9 Å². The van der Waals surface area contributed by atoms with Gasteiger partial charge in [-0.15, -0.1) is 11.8 Å². The second kappa shape index (κ2) is 4.58. The predicted octanol–water partition coefficient (Wildman–Crippen LogP) is 3.10. The van der Waals surface area contributed by atoms with Crippen molar-refractivity contribution in [2.24, 2.45) is 0 Å². The van der Waals surface area contributed by atoms with Crippen LogP contribution in [0, 0.1) is 0 Å². The molecule has 0 aliphatic rings. The molecule has 1 unspecified atom stereocenters. The average molecular weight is 186 g/mol. The summed E-state index contributed by atoms with van der Waals surface area (Å²) in [6, 6.07) is 2.02. The molecule has 0 bridgehead atoms. The molecule has 1 aromatic rings. The molecule has 0 saturated carbocycles. The molecule has 1 heterocycles. The van der Waals surface area contributed by atoms with Crippen molar-refractivity contribution in [3.63, 3.8) is 0 Å². The first-order valence-corrected chi connectivity index (χ1v) is 5.24. The van der Waals surface area contributed by atoms with Gasteiger partial charge in [-0.25, -0.2) is 0 Å². The Labute approximate surface area is 77.3 Å². The van der Waals surface area contributed by atoms with Crippen molar-refractivity contribution >= 4 is 11.8 Å². The minimum atomic E-state index is 0.0656. The fourth-order valence-corrected chi connectivity index (χ4v) is 1.37. The van der Waals surface area contributed by atoms with E-state index in [0.29, 0.717) is 0 Å². The van der Waals surface area contributed by atoms with Gasteiger partial charge in [-0.05, 0) is 26.2 Å². The molecule has 12 heavy (non-hydrogen) atoms. The van der Waals surface area contributed by atoms with Crippen molar-refractivity contribution in [3.8, 4) is 0 Å². The van der Waals surface area contributed by atoms with Crippen LogP contribution < -0.4 is 0 Å². The highest BCUT2D eigenvalue weighted by Crippen LogP contribution is 2.24. The van der Waals surface area contributed by atoms with Crippen LogP contribution >= 0.6 is 11.8 Å². The predicted molar refractivity (Wildman–Crippen MR) is 50.5 cm³/mol. The van der Waals surface area contributed by atoms with Gasteiger partial charge in [0.2, 0.25) is 0 Å². The molecule has 2 nitrogen and oxygen atoms in total. The molecular weight excluding hydrogens is 172 g/mol. The summed E-state index contributed by atoms with van der Waals surface area (Å²) in [5, 5.41) is 0. The number of rotatable bonds is 4. The summed E-state index contributed by atoms with van der Waals surface area (Å²) in [7, 11) is 0. The van der Waals surface area contributed by atoms with Crippen molar-refractivity contribution < 1.29 is 9.15 Å². The highest BCUT2D eigenvalue weighted by atomic mass is 32.2. The maximum absolute atomic E-state index is 5.38. The molecule has 0 amide bonds. The van der Waals surface area contributed by atoms with E-state index in [1.54, 1.807) is 18.0 Å². The first-order valence-electron chi connectivity index (χ1n) is 4.02. The van der Waals surface area contributed by atoms with Crippen LogP contribution in [0.1, 0.15) is 25.7 Å². The topological polar surface area (TPSA) is 22.4 Å². The first-order chi connectivity index (χ1) is 5.77. The minimum absolute atomic E-state index is 0.0656. The zero-order valence-corrected chi connectivity index (χ0v) is 8.48. The molecule has 1 atom stereocenters. The molecule has 0 radical (unpaired) electrons. The number of furan rings is 1. The van der Waals surface area contributed by atoms with E-state index in [2.05, 4.69) is 0 Å². The molecule has 68 valence electrons. The highest BCUT2D eigenvalue weighted by molar-refractivity contribution is 7.98. The van der Waals surface area contributed by atoms with E-state index in [0.717, 1.165) is 17.3 Å². The van der Waals surface area contributed by atoms with Gasteiger partial charge in [-0.1, -0.05) is 0 Å². The van der Waals surface area contributed by atoms with Crippen LogP contribution in [0.25, 0.3) is 0 Å². The van der Waals surface area contributed by atoms with Crippen molar-refractivity contribution in [1.82, 2.24) is 0 Å². The average Bonchev–Trinajstić information content (AvgIpc) is 2.52. The summed E-state index contributed by atoms with van der Waals surface area (Å²) in [6.45, 7) is 4.69.